The molecule has 5 rings (SSSR count). The Morgan fingerprint density at radius 1 is 1.11 bits per heavy atom. The molecular weight excluding hydrogens is 530 g/mol. The predicted octanol–water partition coefficient (Wildman–Crippen LogP) is 5.17. The van der Waals surface area contributed by atoms with Gasteiger partial charge in [0.25, 0.3) is 0 Å². The Morgan fingerprint density at radius 3 is 2.61 bits per heavy atom. The van der Waals surface area contributed by atoms with Gasteiger partial charge in [0.15, 0.2) is 5.13 Å². The maximum atomic E-state index is 14.2. The zero-order chi connectivity index (χ0) is 26.9. The number of carbonyl (C=O) groups excluding carboxylic acids is 1. The second-order valence-electron chi connectivity index (χ2n) is 9.19. The number of amides is 1. The molecule has 0 bridgehead atoms. The zero-order valence-corrected chi connectivity index (χ0v) is 22.3. The van der Waals surface area contributed by atoms with Crippen molar-refractivity contribution in [2.24, 2.45) is 5.92 Å². The predicted molar refractivity (Wildman–Crippen MR) is 142 cm³/mol. The molecule has 11 heteroatoms. The molecular formula is C27H26F2N4O3S2. The smallest absolute Gasteiger partial charge is 0.246 e. The van der Waals surface area contributed by atoms with E-state index in [1.54, 1.807) is 23.4 Å². The Hall–Kier alpha value is -3.28. The minimum atomic E-state index is -4.23. The second-order valence-corrected chi connectivity index (χ2v) is 12.1. The van der Waals surface area contributed by atoms with Crippen LogP contribution in [-0.4, -0.2) is 41.7 Å². The number of piperidine rings is 1. The molecule has 0 atom stereocenters. The summed E-state index contributed by atoms with van der Waals surface area (Å²) in [5.41, 5.74) is 2.83. The lowest BCUT2D eigenvalue weighted by molar-refractivity contribution is -0.123. The molecule has 198 valence electrons. The van der Waals surface area contributed by atoms with E-state index >= 15 is 0 Å². The molecule has 38 heavy (non-hydrogen) atoms. The number of hydrogen-bond acceptors (Lipinski definition) is 6. The lowest BCUT2D eigenvalue weighted by Crippen LogP contribution is -2.44. The number of aromatic nitrogens is 2. The van der Waals surface area contributed by atoms with Crippen molar-refractivity contribution in [1.29, 1.82) is 0 Å². The molecule has 3 heterocycles. The van der Waals surface area contributed by atoms with Crippen LogP contribution in [0.15, 0.2) is 65.8 Å². The SMILES string of the molecule is CCc1ccc2nc(N(Cc3cccnc3)C(=O)C3CCN(S(=O)(=O)c4cc(F)ccc4F)CC3)sc2c1. The Kier molecular flexibility index (Phi) is 7.51. The summed E-state index contributed by atoms with van der Waals surface area (Å²) in [5, 5.41) is 0.569. The van der Waals surface area contributed by atoms with E-state index in [-0.39, 0.29) is 38.4 Å². The van der Waals surface area contributed by atoms with E-state index in [0.29, 0.717) is 11.2 Å². The van der Waals surface area contributed by atoms with Gasteiger partial charge in [-0.1, -0.05) is 30.4 Å². The second kappa shape index (κ2) is 10.8. The summed E-state index contributed by atoms with van der Waals surface area (Å²) in [6, 6.07) is 12.1. The molecule has 1 aliphatic rings. The van der Waals surface area contributed by atoms with E-state index in [2.05, 4.69) is 18.0 Å². The summed E-state index contributed by atoms with van der Waals surface area (Å²) in [6.45, 7) is 2.40. The van der Waals surface area contributed by atoms with Gasteiger partial charge in [-0.2, -0.15) is 4.31 Å². The largest absolute Gasteiger partial charge is 0.283 e. The fourth-order valence-electron chi connectivity index (χ4n) is 4.58. The van der Waals surface area contributed by atoms with Crippen LogP contribution >= 0.6 is 11.3 Å². The standard InChI is InChI=1S/C27H26F2N4O3S2/c1-2-18-5-8-23-24(14-18)37-27(31-23)33(17-19-4-3-11-30-16-19)26(34)20-9-12-32(13-10-20)38(35,36)25-15-21(28)6-7-22(25)29/h3-8,11,14-16,20H,2,9-10,12-13,17H2,1H3. The number of sulfonamides is 1. The first-order chi connectivity index (χ1) is 18.3. The number of thiazole rings is 1. The number of halogens is 2. The fraction of sp³-hybridized carbons (Fsp3) is 0.296. The fourth-order valence-corrected chi connectivity index (χ4v) is 7.16. The number of nitrogens with zero attached hydrogens (tertiary/aromatic N) is 4. The number of hydrogen-bond donors (Lipinski definition) is 0. The number of benzene rings is 2. The molecule has 4 aromatic rings. The molecule has 1 fully saturated rings. The number of fused-ring (bicyclic) bond motifs is 1. The van der Waals surface area contributed by atoms with Crippen LogP contribution in [0.5, 0.6) is 0 Å². The maximum Gasteiger partial charge on any atom is 0.246 e. The van der Waals surface area contributed by atoms with Gasteiger partial charge >= 0.3 is 0 Å². The Balaban J connectivity index is 1.38. The molecule has 0 aliphatic carbocycles. The Bertz CT molecular complexity index is 1570. The number of pyridine rings is 1. The lowest BCUT2D eigenvalue weighted by Gasteiger charge is -2.33. The molecule has 1 aliphatic heterocycles. The highest BCUT2D eigenvalue weighted by atomic mass is 32.2. The van der Waals surface area contributed by atoms with Gasteiger partial charge in [-0.25, -0.2) is 22.2 Å². The quantitative estimate of drug-likeness (QED) is 0.314. The maximum absolute atomic E-state index is 14.2. The first-order valence-corrected chi connectivity index (χ1v) is 14.6. The van der Waals surface area contributed by atoms with Crippen molar-refractivity contribution in [3.8, 4) is 0 Å². The van der Waals surface area contributed by atoms with Gasteiger partial charge in [0.2, 0.25) is 15.9 Å². The van der Waals surface area contributed by atoms with Gasteiger partial charge < -0.3 is 0 Å². The van der Waals surface area contributed by atoms with Crippen molar-refractivity contribution in [1.82, 2.24) is 14.3 Å². The van der Waals surface area contributed by atoms with Gasteiger partial charge in [-0.3, -0.25) is 14.7 Å². The van der Waals surface area contributed by atoms with Crippen molar-refractivity contribution in [2.75, 3.05) is 18.0 Å². The average Bonchev–Trinajstić information content (AvgIpc) is 3.36. The summed E-state index contributed by atoms with van der Waals surface area (Å²) in [5.74, 6) is -2.44. The molecule has 0 saturated carbocycles. The Morgan fingerprint density at radius 2 is 1.89 bits per heavy atom. The topological polar surface area (TPSA) is 83.5 Å². The summed E-state index contributed by atoms with van der Waals surface area (Å²) in [4.78, 5) is 23.7. The summed E-state index contributed by atoms with van der Waals surface area (Å²) in [6.07, 6.45) is 4.76. The highest BCUT2D eigenvalue weighted by Crippen LogP contribution is 2.34. The minimum absolute atomic E-state index is 0.0229. The van der Waals surface area contributed by atoms with Gasteiger partial charge in [0.1, 0.15) is 16.5 Å². The monoisotopic (exact) mass is 556 g/mol. The van der Waals surface area contributed by atoms with Crippen LogP contribution in [0.1, 0.15) is 30.9 Å². The van der Waals surface area contributed by atoms with Crippen LogP contribution in [0.25, 0.3) is 10.2 Å². The molecule has 0 radical (unpaired) electrons. The van der Waals surface area contributed by atoms with Gasteiger partial charge in [0.05, 0.1) is 16.8 Å². The normalized spacial score (nSPS) is 15.1. The molecule has 1 saturated heterocycles. The number of rotatable bonds is 7. The lowest BCUT2D eigenvalue weighted by atomic mass is 9.96. The van der Waals surface area contributed by atoms with Crippen LogP contribution in [-0.2, 0) is 27.8 Å². The summed E-state index contributed by atoms with van der Waals surface area (Å²) in [7, 11) is -4.23. The molecule has 7 nitrogen and oxygen atoms in total. The first-order valence-electron chi connectivity index (χ1n) is 12.3. The first kappa shape index (κ1) is 26.3. The van der Waals surface area contributed by atoms with E-state index < -0.39 is 32.5 Å². The van der Waals surface area contributed by atoms with Crippen molar-refractivity contribution in [2.45, 2.75) is 37.6 Å². The number of carbonyl (C=O) groups is 1. The average molecular weight is 557 g/mol. The highest BCUT2D eigenvalue weighted by Gasteiger charge is 2.36. The van der Waals surface area contributed by atoms with E-state index in [9.17, 15) is 22.0 Å². The molecule has 0 spiro atoms. The highest BCUT2D eigenvalue weighted by molar-refractivity contribution is 7.89. The molecule has 0 unspecified atom stereocenters. The third-order valence-electron chi connectivity index (χ3n) is 6.72. The summed E-state index contributed by atoms with van der Waals surface area (Å²) < 4.78 is 56.0. The van der Waals surface area contributed by atoms with Crippen molar-refractivity contribution >= 4 is 42.6 Å². The molecule has 2 aromatic heterocycles. The van der Waals surface area contributed by atoms with E-state index in [1.807, 2.05) is 18.2 Å². The number of aryl methyl sites for hydroxylation is 1. The van der Waals surface area contributed by atoms with Crippen molar-refractivity contribution in [3.05, 3.63) is 83.7 Å². The third kappa shape index (κ3) is 5.31. The summed E-state index contributed by atoms with van der Waals surface area (Å²) >= 11 is 1.44. The van der Waals surface area contributed by atoms with E-state index in [4.69, 9.17) is 4.98 Å². The van der Waals surface area contributed by atoms with Crippen molar-refractivity contribution < 1.29 is 22.0 Å². The van der Waals surface area contributed by atoms with Crippen LogP contribution in [0.2, 0.25) is 0 Å². The van der Waals surface area contributed by atoms with Crippen LogP contribution in [0.4, 0.5) is 13.9 Å². The van der Waals surface area contributed by atoms with Crippen LogP contribution < -0.4 is 4.90 Å². The van der Waals surface area contributed by atoms with E-state index in [1.165, 1.54) is 16.9 Å². The minimum Gasteiger partial charge on any atom is -0.283 e. The van der Waals surface area contributed by atoms with Crippen LogP contribution in [0.3, 0.4) is 0 Å². The molecule has 2 aromatic carbocycles. The molecule has 1 amide bonds. The zero-order valence-electron chi connectivity index (χ0n) is 20.7. The Labute approximate surface area is 223 Å². The third-order valence-corrected chi connectivity index (χ3v) is 9.68. The van der Waals surface area contributed by atoms with Gasteiger partial charge in [-0.15, -0.1) is 0 Å². The van der Waals surface area contributed by atoms with E-state index in [0.717, 1.165) is 38.6 Å². The van der Waals surface area contributed by atoms with Gasteiger partial charge in [-0.05, 0) is 66.8 Å². The number of anilines is 1. The van der Waals surface area contributed by atoms with Gasteiger partial charge in [0, 0.05) is 31.4 Å². The molecule has 0 N–H and O–H groups in total. The van der Waals surface area contributed by atoms with Crippen molar-refractivity contribution in [3.63, 3.8) is 0 Å². The van der Waals surface area contributed by atoms with Crippen LogP contribution in [0, 0.1) is 17.6 Å².